The van der Waals surface area contributed by atoms with Gasteiger partial charge in [-0.2, -0.15) is 0 Å². The van der Waals surface area contributed by atoms with Crippen LogP contribution >= 0.6 is 0 Å². The summed E-state index contributed by atoms with van der Waals surface area (Å²) in [5, 5.41) is 8.63. The van der Waals surface area contributed by atoms with Gasteiger partial charge in [-0.05, 0) is 11.8 Å². The van der Waals surface area contributed by atoms with Crippen molar-refractivity contribution in [1.29, 1.82) is 0 Å². The molecule has 0 saturated carbocycles. The Balaban J connectivity index is 3.58. The molecule has 2 atom stereocenters. The number of rotatable bonds is 3. The SMILES string of the molecule is CC(C)C(C)[C@H](N)CO. The Bertz CT molecular complexity index is 73.3. The summed E-state index contributed by atoms with van der Waals surface area (Å²) < 4.78 is 0. The van der Waals surface area contributed by atoms with Gasteiger partial charge >= 0.3 is 0 Å². The standard InChI is InChI=1S/C7H17NO/c1-5(2)6(3)7(8)4-9/h5-7,9H,4,8H2,1-3H3/t6?,7-/m1/s1. The summed E-state index contributed by atoms with van der Waals surface area (Å²) >= 11 is 0. The molecular formula is C7H17NO. The lowest BCUT2D eigenvalue weighted by molar-refractivity contribution is 0.209. The Morgan fingerprint density at radius 3 is 1.89 bits per heavy atom. The highest BCUT2D eigenvalue weighted by Crippen LogP contribution is 2.11. The topological polar surface area (TPSA) is 46.2 Å². The Hall–Kier alpha value is -0.0800. The molecule has 0 aromatic rings. The van der Waals surface area contributed by atoms with Crippen LogP contribution in [0.1, 0.15) is 20.8 Å². The molecule has 0 aliphatic carbocycles. The third kappa shape index (κ3) is 2.82. The lowest BCUT2D eigenvalue weighted by Crippen LogP contribution is -2.34. The molecule has 9 heavy (non-hydrogen) atoms. The highest BCUT2D eigenvalue weighted by molar-refractivity contribution is 4.69. The van der Waals surface area contributed by atoms with E-state index in [0.717, 1.165) is 0 Å². The van der Waals surface area contributed by atoms with Gasteiger partial charge in [-0.15, -0.1) is 0 Å². The average molecular weight is 131 g/mol. The molecule has 3 N–H and O–H groups in total. The van der Waals surface area contributed by atoms with E-state index in [4.69, 9.17) is 10.8 Å². The van der Waals surface area contributed by atoms with Crippen molar-refractivity contribution in [2.45, 2.75) is 26.8 Å². The molecule has 0 heterocycles. The quantitative estimate of drug-likeness (QED) is 0.589. The average Bonchev–Trinajstić information content (AvgIpc) is 1.84. The highest BCUT2D eigenvalue weighted by Gasteiger charge is 2.14. The van der Waals surface area contributed by atoms with Crippen molar-refractivity contribution in [2.75, 3.05) is 6.61 Å². The van der Waals surface area contributed by atoms with Crippen molar-refractivity contribution in [2.24, 2.45) is 17.6 Å². The fourth-order valence-corrected chi connectivity index (χ4v) is 0.661. The summed E-state index contributed by atoms with van der Waals surface area (Å²) in [6.45, 7) is 6.38. The largest absolute Gasteiger partial charge is 0.395 e. The molecule has 0 saturated heterocycles. The van der Waals surface area contributed by atoms with Crippen LogP contribution in [0.2, 0.25) is 0 Å². The van der Waals surface area contributed by atoms with E-state index in [2.05, 4.69) is 20.8 Å². The van der Waals surface area contributed by atoms with Crippen LogP contribution < -0.4 is 5.73 Å². The van der Waals surface area contributed by atoms with Gasteiger partial charge in [0.25, 0.3) is 0 Å². The maximum Gasteiger partial charge on any atom is 0.0585 e. The van der Waals surface area contributed by atoms with E-state index in [1.165, 1.54) is 0 Å². The van der Waals surface area contributed by atoms with Crippen molar-refractivity contribution in [3.63, 3.8) is 0 Å². The molecule has 1 unspecified atom stereocenters. The number of aliphatic hydroxyl groups excluding tert-OH is 1. The summed E-state index contributed by atoms with van der Waals surface area (Å²) in [5.74, 6) is 0.974. The number of aliphatic hydroxyl groups is 1. The zero-order valence-electron chi connectivity index (χ0n) is 6.46. The molecule has 0 fully saturated rings. The van der Waals surface area contributed by atoms with Gasteiger partial charge in [-0.1, -0.05) is 20.8 Å². The molecule has 0 aromatic carbocycles. The van der Waals surface area contributed by atoms with E-state index in [0.29, 0.717) is 11.8 Å². The summed E-state index contributed by atoms with van der Waals surface area (Å²) in [5.41, 5.74) is 5.57. The molecule has 0 aliphatic rings. The smallest absolute Gasteiger partial charge is 0.0585 e. The van der Waals surface area contributed by atoms with Crippen LogP contribution in [0.4, 0.5) is 0 Å². The molecule has 0 bridgehead atoms. The maximum atomic E-state index is 8.63. The zero-order valence-corrected chi connectivity index (χ0v) is 6.46. The van der Waals surface area contributed by atoms with Gasteiger partial charge in [0.15, 0.2) is 0 Å². The molecule has 0 rings (SSSR count). The second kappa shape index (κ2) is 3.85. The van der Waals surface area contributed by atoms with Crippen LogP contribution in [0.15, 0.2) is 0 Å². The van der Waals surface area contributed by atoms with Crippen LogP contribution in [0, 0.1) is 11.8 Å². The van der Waals surface area contributed by atoms with Crippen molar-refractivity contribution in [1.82, 2.24) is 0 Å². The molecular weight excluding hydrogens is 114 g/mol. The third-order valence-electron chi connectivity index (χ3n) is 1.94. The van der Waals surface area contributed by atoms with Gasteiger partial charge in [0.2, 0.25) is 0 Å². The van der Waals surface area contributed by atoms with Gasteiger partial charge in [0.1, 0.15) is 0 Å². The van der Waals surface area contributed by atoms with E-state index < -0.39 is 0 Å². The van der Waals surface area contributed by atoms with E-state index >= 15 is 0 Å². The molecule has 0 amide bonds. The van der Waals surface area contributed by atoms with E-state index in [1.807, 2.05) is 0 Å². The lowest BCUT2D eigenvalue weighted by atomic mass is 9.91. The molecule has 0 aromatic heterocycles. The Labute approximate surface area is 57.1 Å². The second-order valence-electron chi connectivity index (χ2n) is 2.95. The Morgan fingerprint density at radius 2 is 1.78 bits per heavy atom. The van der Waals surface area contributed by atoms with Crippen molar-refractivity contribution >= 4 is 0 Å². The molecule has 0 aliphatic heterocycles. The molecule has 2 nitrogen and oxygen atoms in total. The Kier molecular flexibility index (Phi) is 3.82. The molecule has 0 radical (unpaired) electrons. The minimum Gasteiger partial charge on any atom is -0.395 e. The minimum atomic E-state index is -0.0509. The van der Waals surface area contributed by atoms with E-state index in [9.17, 15) is 0 Å². The van der Waals surface area contributed by atoms with Gasteiger partial charge in [-0.3, -0.25) is 0 Å². The third-order valence-corrected chi connectivity index (χ3v) is 1.94. The summed E-state index contributed by atoms with van der Waals surface area (Å²) in [4.78, 5) is 0. The van der Waals surface area contributed by atoms with Crippen molar-refractivity contribution < 1.29 is 5.11 Å². The molecule has 0 spiro atoms. The van der Waals surface area contributed by atoms with Crippen LogP contribution in [0.5, 0.6) is 0 Å². The first kappa shape index (κ1) is 8.92. The second-order valence-corrected chi connectivity index (χ2v) is 2.95. The van der Waals surface area contributed by atoms with Crippen LogP contribution in [-0.2, 0) is 0 Å². The maximum absolute atomic E-state index is 8.63. The van der Waals surface area contributed by atoms with Gasteiger partial charge < -0.3 is 10.8 Å². The van der Waals surface area contributed by atoms with Gasteiger partial charge in [0.05, 0.1) is 6.61 Å². The highest BCUT2D eigenvalue weighted by atomic mass is 16.3. The summed E-state index contributed by atoms with van der Waals surface area (Å²) in [6.07, 6.45) is 0. The number of nitrogens with two attached hydrogens (primary N) is 1. The molecule has 2 heteroatoms. The van der Waals surface area contributed by atoms with Crippen molar-refractivity contribution in [3.8, 4) is 0 Å². The lowest BCUT2D eigenvalue weighted by Gasteiger charge is -2.20. The first-order valence-electron chi connectivity index (χ1n) is 3.46. The first-order valence-corrected chi connectivity index (χ1v) is 3.46. The van der Waals surface area contributed by atoms with Gasteiger partial charge in [0, 0.05) is 6.04 Å². The van der Waals surface area contributed by atoms with Gasteiger partial charge in [-0.25, -0.2) is 0 Å². The van der Waals surface area contributed by atoms with Crippen LogP contribution in [-0.4, -0.2) is 17.8 Å². The van der Waals surface area contributed by atoms with Crippen LogP contribution in [0.3, 0.4) is 0 Å². The summed E-state index contributed by atoms with van der Waals surface area (Å²) in [7, 11) is 0. The zero-order chi connectivity index (χ0) is 7.44. The van der Waals surface area contributed by atoms with Crippen molar-refractivity contribution in [3.05, 3.63) is 0 Å². The summed E-state index contributed by atoms with van der Waals surface area (Å²) in [6, 6.07) is -0.0509. The van der Waals surface area contributed by atoms with E-state index in [-0.39, 0.29) is 12.6 Å². The normalized spacial score (nSPS) is 18.0. The predicted octanol–water partition coefficient (Wildman–Crippen LogP) is 0.598. The van der Waals surface area contributed by atoms with E-state index in [1.54, 1.807) is 0 Å². The Morgan fingerprint density at radius 1 is 1.33 bits per heavy atom. The fraction of sp³-hybridized carbons (Fsp3) is 1.00. The fourth-order valence-electron chi connectivity index (χ4n) is 0.661. The molecule has 56 valence electrons. The first-order chi connectivity index (χ1) is 4.09. The number of hydrogen-bond acceptors (Lipinski definition) is 2. The minimum absolute atomic E-state index is 0.0509. The monoisotopic (exact) mass is 131 g/mol. The number of hydrogen-bond donors (Lipinski definition) is 2. The predicted molar refractivity (Wildman–Crippen MR) is 39.1 cm³/mol. The van der Waals surface area contributed by atoms with Crippen LogP contribution in [0.25, 0.3) is 0 Å².